The van der Waals surface area contributed by atoms with Crippen LogP contribution in [0.4, 0.5) is 8.78 Å². The molecule has 1 unspecified atom stereocenters. The smallest absolute Gasteiger partial charge is 0.315 e. The van der Waals surface area contributed by atoms with Crippen molar-refractivity contribution in [3.8, 4) is 0 Å². The SMILES string of the molecule is NCC(CC(F)F)(C(=O)O)c1ccccc1. The molecule has 0 saturated heterocycles. The van der Waals surface area contributed by atoms with Gasteiger partial charge >= 0.3 is 5.97 Å². The first kappa shape index (κ1) is 12.6. The Kier molecular flexibility index (Phi) is 3.95. The summed E-state index contributed by atoms with van der Waals surface area (Å²) in [4.78, 5) is 11.2. The fourth-order valence-corrected chi connectivity index (χ4v) is 1.64. The van der Waals surface area contributed by atoms with Gasteiger partial charge in [-0.2, -0.15) is 0 Å². The Labute approximate surface area is 91.9 Å². The first-order chi connectivity index (χ1) is 7.53. The monoisotopic (exact) mass is 229 g/mol. The number of halogens is 2. The minimum absolute atomic E-state index is 0.310. The maximum absolute atomic E-state index is 12.4. The van der Waals surface area contributed by atoms with Crippen LogP contribution in [0.5, 0.6) is 0 Å². The van der Waals surface area contributed by atoms with Gasteiger partial charge in [0.1, 0.15) is 5.41 Å². The van der Waals surface area contributed by atoms with Crippen LogP contribution >= 0.6 is 0 Å². The first-order valence-electron chi connectivity index (χ1n) is 4.80. The highest BCUT2D eigenvalue weighted by Gasteiger charge is 2.41. The molecule has 0 aliphatic rings. The van der Waals surface area contributed by atoms with Crippen molar-refractivity contribution >= 4 is 5.97 Å². The number of aliphatic carboxylic acids is 1. The lowest BCUT2D eigenvalue weighted by Crippen LogP contribution is -2.44. The summed E-state index contributed by atoms with van der Waals surface area (Å²) in [6, 6.07) is 7.91. The zero-order valence-electron chi connectivity index (χ0n) is 8.57. The number of rotatable bonds is 5. The second kappa shape index (κ2) is 5.03. The fourth-order valence-electron chi connectivity index (χ4n) is 1.64. The van der Waals surface area contributed by atoms with E-state index in [0.29, 0.717) is 5.56 Å². The van der Waals surface area contributed by atoms with E-state index in [4.69, 9.17) is 10.8 Å². The zero-order valence-corrected chi connectivity index (χ0v) is 8.57. The van der Waals surface area contributed by atoms with Gasteiger partial charge in [0.15, 0.2) is 0 Å². The van der Waals surface area contributed by atoms with E-state index in [9.17, 15) is 13.6 Å². The summed E-state index contributed by atoms with van der Waals surface area (Å²) in [6.45, 7) is -0.351. The molecule has 0 saturated carbocycles. The highest BCUT2D eigenvalue weighted by molar-refractivity contribution is 5.81. The van der Waals surface area contributed by atoms with Crippen LogP contribution in [0.15, 0.2) is 30.3 Å². The van der Waals surface area contributed by atoms with Crippen LogP contribution < -0.4 is 5.73 Å². The molecule has 0 aliphatic carbocycles. The molecule has 0 fully saturated rings. The second-order valence-electron chi connectivity index (χ2n) is 3.55. The van der Waals surface area contributed by atoms with E-state index in [1.54, 1.807) is 18.2 Å². The molecule has 3 N–H and O–H groups in total. The molecule has 0 amide bonds. The molecule has 0 aliphatic heterocycles. The number of hydrogen-bond acceptors (Lipinski definition) is 2. The van der Waals surface area contributed by atoms with Gasteiger partial charge in [-0.15, -0.1) is 0 Å². The summed E-state index contributed by atoms with van der Waals surface area (Å²) in [6.07, 6.45) is -3.48. The van der Waals surface area contributed by atoms with E-state index < -0.39 is 24.2 Å². The summed E-state index contributed by atoms with van der Waals surface area (Å²) >= 11 is 0. The summed E-state index contributed by atoms with van der Waals surface area (Å²) in [7, 11) is 0. The topological polar surface area (TPSA) is 63.3 Å². The van der Waals surface area contributed by atoms with Crippen LogP contribution in [0.25, 0.3) is 0 Å². The molecule has 1 aromatic carbocycles. The van der Waals surface area contributed by atoms with Gasteiger partial charge in [0, 0.05) is 13.0 Å². The van der Waals surface area contributed by atoms with Crippen molar-refractivity contribution in [1.29, 1.82) is 0 Å². The van der Waals surface area contributed by atoms with Gasteiger partial charge in [0.25, 0.3) is 0 Å². The molecular formula is C11H13F2NO2. The van der Waals surface area contributed by atoms with Crippen molar-refractivity contribution in [1.82, 2.24) is 0 Å². The standard InChI is InChI=1S/C11H13F2NO2/c12-9(13)6-11(7-14,10(15)16)8-4-2-1-3-5-8/h1-5,9H,6-7,14H2,(H,15,16). The molecular weight excluding hydrogens is 216 g/mol. The van der Waals surface area contributed by atoms with E-state index >= 15 is 0 Å². The van der Waals surface area contributed by atoms with Crippen LogP contribution in [0.1, 0.15) is 12.0 Å². The molecule has 0 radical (unpaired) electrons. The second-order valence-corrected chi connectivity index (χ2v) is 3.55. The minimum Gasteiger partial charge on any atom is -0.481 e. The molecule has 0 spiro atoms. The quantitative estimate of drug-likeness (QED) is 0.806. The van der Waals surface area contributed by atoms with Crippen LogP contribution in [-0.2, 0) is 10.2 Å². The first-order valence-corrected chi connectivity index (χ1v) is 4.80. The fraction of sp³-hybridized carbons (Fsp3) is 0.364. The van der Waals surface area contributed by atoms with E-state index in [-0.39, 0.29) is 6.54 Å². The average molecular weight is 229 g/mol. The van der Waals surface area contributed by atoms with Crippen molar-refractivity contribution in [2.45, 2.75) is 18.3 Å². The number of carbonyl (C=O) groups is 1. The number of nitrogens with two attached hydrogens (primary N) is 1. The molecule has 1 atom stereocenters. The average Bonchev–Trinajstić information content (AvgIpc) is 2.26. The highest BCUT2D eigenvalue weighted by atomic mass is 19.3. The summed E-state index contributed by atoms with van der Waals surface area (Å²) in [5, 5.41) is 9.11. The number of alkyl halides is 2. The van der Waals surface area contributed by atoms with Crippen LogP contribution in [0, 0.1) is 0 Å². The Morgan fingerprint density at radius 3 is 2.31 bits per heavy atom. The molecule has 88 valence electrons. The molecule has 5 heteroatoms. The van der Waals surface area contributed by atoms with E-state index in [1.807, 2.05) is 0 Å². The third kappa shape index (κ3) is 2.36. The third-order valence-electron chi connectivity index (χ3n) is 2.59. The Balaban J connectivity index is 3.18. The largest absolute Gasteiger partial charge is 0.481 e. The molecule has 0 bridgehead atoms. The van der Waals surface area contributed by atoms with Crippen LogP contribution in [0.2, 0.25) is 0 Å². The van der Waals surface area contributed by atoms with Gasteiger partial charge in [-0.05, 0) is 5.56 Å². The molecule has 0 aromatic heterocycles. The minimum atomic E-state index is -2.71. The normalized spacial score (nSPS) is 14.8. The predicted molar refractivity (Wildman–Crippen MR) is 55.4 cm³/mol. The van der Waals surface area contributed by atoms with Crippen LogP contribution in [0.3, 0.4) is 0 Å². The lowest BCUT2D eigenvalue weighted by Gasteiger charge is -2.28. The number of carboxylic acid groups (broad SMARTS) is 1. The van der Waals surface area contributed by atoms with Crippen LogP contribution in [-0.4, -0.2) is 24.0 Å². The molecule has 1 aromatic rings. The van der Waals surface area contributed by atoms with Crippen molar-refractivity contribution in [3.05, 3.63) is 35.9 Å². The number of carboxylic acids is 1. The Morgan fingerprint density at radius 2 is 1.94 bits per heavy atom. The summed E-state index contributed by atoms with van der Waals surface area (Å²) in [5.74, 6) is -1.32. The maximum Gasteiger partial charge on any atom is 0.315 e. The Morgan fingerprint density at radius 1 is 1.38 bits per heavy atom. The zero-order chi connectivity index (χ0) is 12.2. The van der Waals surface area contributed by atoms with Gasteiger partial charge in [0.2, 0.25) is 6.43 Å². The third-order valence-corrected chi connectivity index (χ3v) is 2.59. The van der Waals surface area contributed by atoms with Gasteiger partial charge < -0.3 is 10.8 Å². The number of benzene rings is 1. The Bertz CT molecular complexity index is 356. The van der Waals surface area contributed by atoms with Crippen molar-refractivity contribution in [3.63, 3.8) is 0 Å². The van der Waals surface area contributed by atoms with Crippen molar-refractivity contribution in [2.75, 3.05) is 6.54 Å². The molecule has 0 heterocycles. The lowest BCUT2D eigenvalue weighted by molar-refractivity contribution is -0.145. The van der Waals surface area contributed by atoms with Gasteiger partial charge in [0.05, 0.1) is 0 Å². The predicted octanol–water partition coefficient (Wildman–Crippen LogP) is 1.62. The molecule has 1 rings (SSSR count). The summed E-state index contributed by atoms with van der Waals surface area (Å²) in [5.41, 5.74) is 3.99. The number of hydrogen-bond donors (Lipinski definition) is 2. The van der Waals surface area contributed by atoms with Gasteiger partial charge in [-0.3, -0.25) is 4.79 Å². The van der Waals surface area contributed by atoms with Gasteiger partial charge in [-0.1, -0.05) is 30.3 Å². The van der Waals surface area contributed by atoms with Gasteiger partial charge in [-0.25, -0.2) is 8.78 Å². The van der Waals surface area contributed by atoms with E-state index in [2.05, 4.69) is 0 Å². The van der Waals surface area contributed by atoms with Crippen molar-refractivity contribution < 1.29 is 18.7 Å². The molecule has 3 nitrogen and oxygen atoms in total. The highest BCUT2D eigenvalue weighted by Crippen LogP contribution is 2.30. The maximum atomic E-state index is 12.4. The molecule has 16 heavy (non-hydrogen) atoms. The Hall–Kier alpha value is -1.49. The lowest BCUT2D eigenvalue weighted by atomic mass is 9.78. The van der Waals surface area contributed by atoms with E-state index in [0.717, 1.165) is 0 Å². The van der Waals surface area contributed by atoms with E-state index in [1.165, 1.54) is 12.1 Å². The summed E-state index contributed by atoms with van der Waals surface area (Å²) < 4.78 is 24.9. The van der Waals surface area contributed by atoms with Crippen molar-refractivity contribution in [2.24, 2.45) is 5.73 Å².